The van der Waals surface area contributed by atoms with E-state index in [2.05, 4.69) is 0 Å². The number of rotatable bonds is 9. The molecule has 9 heteroatoms. The predicted molar refractivity (Wildman–Crippen MR) is 137 cm³/mol. The van der Waals surface area contributed by atoms with Gasteiger partial charge in [-0.25, -0.2) is 17.8 Å². The molecule has 0 radical (unpaired) electrons. The van der Waals surface area contributed by atoms with E-state index in [1.807, 2.05) is 54.8 Å². The van der Waals surface area contributed by atoms with E-state index < -0.39 is 15.7 Å². The van der Waals surface area contributed by atoms with Crippen LogP contribution in [0.4, 0.5) is 9.52 Å². The number of halogens is 1. The number of nitrogens with zero attached hydrogens (tertiary/aromatic N) is 2. The van der Waals surface area contributed by atoms with E-state index in [1.165, 1.54) is 23.5 Å². The molecule has 34 heavy (non-hydrogen) atoms. The van der Waals surface area contributed by atoms with E-state index in [1.54, 1.807) is 16.7 Å². The van der Waals surface area contributed by atoms with Crippen molar-refractivity contribution in [1.82, 2.24) is 4.98 Å². The maximum Gasteiger partial charge on any atom is 0.229 e. The fraction of sp³-hybridized carbons (Fsp3) is 0.200. The molecule has 0 aliphatic rings. The third-order valence-corrected chi connectivity index (χ3v) is 8.91. The van der Waals surface area contributed by atoms with Crippen molar-refractivity contribution < 1.29 is 17.6 Å². The van der Waals surface area contributed by atoms with Gasteiger partial charge in [-0.3, -0.25) is 9.69 Å². The van der Waals surface area contributed by atoms with Gasteiger partial charge in [-0.2, -0.15) is 0 Å². The molecule has 1 heterocycles. The maximum absolute atomic E-state index is 13.3. The number of anilines is 1. The molecule has 0 saturated heterocycles. The number of hydrogen-bond acceptors (Lipinski definition) is 6. The van der Waals surface area contributed by atoms with Gasteiger partial charge in [0.25, 0.3) is 0 Å². The van der Waals surface area contributed by atoms with Crippen LogP contribution in [0.25, 0.3) is 10.2 Å². The highest BCUT2D eigenvalue weighted by atomic mass is 32.2. The first kappa shape index (κ1) is 24.4. The third kappa shape index (κ3) is 5.65. The minimum absolute atomic E-state index is 0.0539. The summed E-state index contributed by atoms with van der Waals surface area (Å²) in [5, 5.41) is 0.590. The molecule has 176 valence electrons. The van der Waals surface area contributed by atoms with E-state index in [9.17, 15) is 17.6 Å². The highest BCUT2D eigenvalue weighted by Crippen LogP contribution is 2.35. The molecule has 0 bridgehead atoms. The first-order chi connectivity index (χ1) is 16.4. The van der Waals surface area contributed by atoms with Crippen LogP contribution in [0.1, 0.15) is 18.4 Å². The minimum Gasteiger partial charge on any atom is -0.284 e. The van der Waals surface area contributed by atoms with Crippen molar-refractivity contribution in [3.05, 3.63) is 84.2 Å². The lowest BCUT2D eigenvalue weighted by Gasteiger charge is -2.20. The summed E-state index contributed by atoms with van der Waals surface area (Å²) in [7, 11) is -3.60. The fourth-order valence-electron chi connectivity index (χ4n) is 3.53. The highest BCUT2D eigenvalue weighted by Gasteiger charge is 2.22. The molecule has 4 rings (SSSR count). The fourth-order valence-corrected chi connectivity index (χ4v) is 6.48. The molecule has 0 spiro atoms. The Labute approximate surface area is 206 Å². The predicted octanol–water partition coefficient (Wildman–Crippen LogP) is 5.94. The van der Waals surface area contributed by atoms with Crippen LogP contribution in [0.5, 0.6) is 0 Å². The Balaban J connectivity index is 1.54. The van der Waals surface area contributed by atoms with Crippen LogP contribution >= 0.6 is 23.1 Å². The van der Waals surface area contributed by atoms with E-state index in [4.69, 9.17) is 4.98 Å². The second-order valence-corrected chi connectivity index (χ2v) is 11.6. The van der Waals surface area contributed by atoms with Gasteiger partial charge >= 0.3 is 0 Å². The van der Waals surface area contributed by atoms with Crippen molar-refractivity contribution in [2.75, 3.05) is 16.9 Å². The molecule has 0 fully saturated rings. The van der Waals surface area contributed by atoms with Crippen LogP contribution in [-0.2, 0) is 21.2 Å². The van der Waals surface area contributed by atoms with Crippen LogP contribution in [0, 0.1) is 5.82 Å². The van der Waals surface area contributed by atoms with Crippen LogP contribution in [0.3, 0.4) is 0 Å². The Kier molecular flexibility index (Phi) is 7.65. The molecular weight excluding hydrogens is 491 g/mol. The second-order valence-electron chi connectivity index (χ2n) is 7.65. The minimum atomic E-state index is -3.60. The molecule has 5 nitrogen and oxygen atoms in total. The normalized spacial score (nSPS) is 11.6. The summed E-state index contributed by atoms with van der Waals surface area (Å²) in [6.45, 7) is 0.346. The van der Waals surface area contributed by atoms with Gasteiger partial charge < -0.3 is 0 Å². The molecule has 3 aromatic carbocycles. The molecular formula is C25H23FN2O3S3. The average molecular weight is 515 g/mol. The number of para-hydroxylation sites is 1. The van der Waals surface area contributed by atoms with E-state index in [0.29, 0.717) is 11.7 Å². The van der Waals surface area contributed by atoms with Gasteiger partial charge in [0.2, 0.25) is 5.91 Å². The van der Waals surface area contributed by atoms with Gasteiger partial charge in [0, 0.05) is 11.3 Å². The van der Waals surface area contributed by atoms with Crippen LogP contribution in [0.2, 0.25) is 0 Å². The summed E-state index contributed by atoms with van der Waals surface area (Å²) in [6, 6.07) is 20.3. The lowest BCUT2D eigenvalue weighted by Crippen LogP contribution is -2.30. The summed E-state index contributed by atoms with van der Waals surface area (Å²) in [4.78, 5) is 20.8. The van der Waals surface area contributed by atoms with Crippen LogP contribution in [-0.4, -0.2) is 31.3 Å². The molecule has 0 unspecified atom stereocenters. The number of amides is 1. The topological polar surface area (TPSA) is 67.3 Å². The number of sulfone groups is 1. The summed E-state index contributed by atoms with van der Waals surface area (Å²) in [6.07, 6.45) is 2.20. The van der Waals surface area contributed by atoms with Crippen LogP contribution < -0.4 is 4.90 Å². The van der Waals surface area contributed by atoms with Gasteiger partial charge in [-0.15, -0.1) is 11.8 Å². The molecule has 0 aliphatic heterocycles. The summed E-state index contributed by atoms with van der Waals surface area (Å²) in [5.74, 6) is -0.880. The average Bonchev–Trinajstić information content (AvgIpc) is 3.27. The first-order valence-electron chi connectivity index (χ1n) is 10.6. The molecule has 1 amide bonds. The number of carbonyl (C=O) groups excluding carboxylic acids is 1. The summed E-state index contributed by atoms with van der Waals surface area (Å²) < 4.78 is 39.3. The maximum atomic E-state index is 13.3. The van der Waals surface area contributed by atoms with Gasteiger partial charge in [0.05, 0.1) is 27.4 Å². The number of hydrogen-bond donors (Lipinski definition) is 0. The Morgan fingerprint density at radius 1 is 1.03 bits per heavy atom. The smallest absolute Gasteiger partial charge is 0.229 e. The number of aromatic nitrogens is 1. The lowest BCUT2D eigenvalue weighted by molar-refractivity contribution is -0.118. The molecule has 1 aromatic heterocycles. The van der Waals surface area contributed by atoms with Crippen molar-refractivity contribution in [3.63, 3.8) is 0 Å². The van der Waals surface area contributed by atoms with Gasteiger partial charge in [0.1, 0.15) is 5.82 Å². The second kappa shape index (κ2) is 10.7. The van der Waals surface area contributed by atoms with E-state index >= 15 is 0 Å². The zero-order valence-corrected chi connectivity index (χ0v) is 20.9. The zero-order chi connectivity index (χ0) is 24.1. The van der Waals surface area contributed by atoms with Gasteiger partial charge in [-0.05, 0) is 54.6 Å². The van der Waals surface area contributed by atoms with Gasteiger partial charge in [-0.1, -0.05) is 47.7 Å². The molecule has 0 aliphatic carbocycles. The SMILES string of the molecule is CSc1cccc2sc(N(Cc3ccccc3)C(=O)CCCS(=O)(=O)c3ccc(F)cc3)nc12. The quantitative estimate of drug-likeness (QED) is 0.204. The number of fused-ring (bicyclic) bond motifs is 1. The monoisotopic (exact) mass is 514 g/mol. The Morgan fingerprint density at radius 3 is 2.47 bits per heavy atom. The van der Waals surface area contributed by atoms with Gasteiger partial charge in [0.15, 0.2) is 15.0 Å². The standard InChI is InChI=1S/C25H23FN2O3S3/c1-32-21-9-5-10-22-24(21)27-25(33-22)28(17-18-7-3-2-4-8-18)23(29)11-6-16-34(30,31)20-14-12-19(26)13-15-20/h2-5,7-10,12-15H,6,11,16-17H2,1H3. The highest BCUT2D eigenvalue weighted by molar-refractivity contribution is 7.98. The third-order valence-electron chi connectivity index (χ3n) is 5.28. The van der Waals surface area contributed by atoms with Crippen molar-refractivity contribution in [2.45, 2.75) is 29.2 Å². The Hall–Kier alpha value is -2.75. The summed E-state index contributed by atoms with van der Waals surface area (Å²) in [5.41, 5.74) is 1.82. The lowest BCUT2D eigenvalue weighted by atomic mass is 10.2. The Bertz CT molecular complexity index is 1390. The van der Waals surface area contributed by atoms with Crippen molar-refractivity contribution in [1.29, 1.82) is 0 Å². The molecule has 0 N–H and O–H groups in total. The van der Waals surface area contributed by atoms with E-state index in [0.717, 1.165) is 32.8 Å². The van der Waals surface area contributed by atoms with E-state index in [-0.39, 0.29) is 29.4 Å². The van der Waals surface area contributed by atoms with Crippen LogP contribution in [0.15, 0.2) is 82.6 Å². The summed E-state index contributed by atoms with van der Waals surface area (Å²) >= 11 is 3.05. The first-order valence-corrected chi connectivity index (χ1v) is 14.3. The zero-order valence-electron chi connectivity index (χ0n) is 18.5. The van der Waals surface area contributed by atoms with Crippen molar-refractivity contribution in [2.24, 2.45) is 0 Å². The molecule has 0 saturated carbocycles. The van der Waals surface area contributed by atoms with Crippen molar-refractivity contribution >= 4 is 54.2 Å². The number of benzene rings is 3. The number of carbonyl (C=O) groups is 1. The number of thioether (sulfide) groups is 1. The number of thiazole rings is 1. The molecule has 0 atom stereocenters. The largest absolute Gasteiger partial charge is 0.284 e. The van der Waals surface area contributed by atoms with Crippen molar-refractivity contribution in [3.8, 4) is 0 Å². The molecule has 4 aromatic rings. The Morgan fingerprint density at radius 2 is 1.76 bits per heavy atom.